The van der Waals surface area contributed by atoms with Crippen LogP contribution in [0.2, 0.25) is 0 Å². The van der Waals surface area contributed by atoms with E-state index in [0.29, 0.717) is 32.0 Å². The van der Waals surface area contributed by atoms with Crippen molar-refractivity contribution < 1.29 is 9.59 Å². The summed E-state index contributed by atoms with van der Waals surface area (Å²) in [5, 5.41) is 7.25. The van der Waals surface area contributed by atoms with Crippen molar-refractivity contribution in [3.63, 3.8) is 0 Å². The molecule has 0 saturated heterocycles. The van der Waals surface area contributed by atoms with E-state index in [2.05, 4.69) is 15.4 Å². The minimum atomic E-state index is -0.145. The summed E-state index contributed by atoms with van der Waals surface area (Å²) in [4.78, 5) is 30.9. The van der Waals surface area contributed by atoms with E-state index in [9.17, 15) is 9.59 Å². The number of fused-ring (bicyclic) bond motifs is 1. The lowest BCUT2D eigenvalue weighted by atomic mass is 10.1. The Morgan fingerprint density at radius 3 is 2.85 bits per heavy atom. The molecule has 2 amide bonds. The molecular weight excluding hydrogens is 330 g/mol. The van der Waals surface area contributed by atoms with Gasteiger partial charge in [-0.2, -0.15) is 5.10 Å². The monoisotopic (exact) mass is 355 g/mol. The summed E-state index contributed by atoms with van der Waals surface area (Å²) in [7, 11) is 0. The Labute approximate surface area is 153 Å². The van der Waals surface area contributed by atoms with Crippen LogP contribution >= 0.6 is 0 Å². The highest BCUT2D eigenvalue weighted by atomic mass is 16.2. The average molecular weight is 355 g/mol. The summed E-state index contributed by atoms with van der Waals surface area (Å²) in [6.07, 6.45) is 4.24. The number of aromatic nitrogens is 3. The van der Waals surface area contributed by atoms with Crippen LogP contribution in [0.5, 0.6) is 0 Å². The number of nitrogens with zero attached hydrogens (tertiary/aromatic N) is 4. The Morgan fingerprint density at radius 1 is 1.27 bits per heavy atom. The van der Waals surface area contributed by atoms with Crippen molar-refractivity contribution in [3.8, 4) is 0 Å². The second-order valence-electron chi connectivity index (χ2n) is 7.10. The van der Waals surface area contributed by atoms with E-state index in [0.717, 1.165) is 11.4 Å². The number of carbonyl (C=O) groups excluding carboxylic acids is 2. The van der Waals surface area contributed by atoms with Crippen LogP contribution in [-0.2, 0) is 22.7 Å². The first-order chi connectivity index (χ1) is 12.5. The van der Waals surface area contributed by atoms with Gasteiger partial charge in [0.25, 0.3) is 0 Å². The highest BCUT2D eigenvalue weighted by Crippen LogP contribution is 2.24. The molecule has 3 heterocycles. The first-order valence-electron chi connectivity index (χ1n) is 8.99. The Balaban J connectivity index is 1.62. The summed E-state index contributed by atoms with van der Waals surface area (Å²) < 4.78 is 1.87. The lowest BCUT2D eigenvalue weighted by Crippen LogP contribution is -2.43. The van der Waals surface area contributed by atoms with Crippen LogP contribution < -0.4 is 5.32 Å². The number of hydrogen-bond donors (Lipinski definition) is 1. The molecule has 0 saturated carbocycles. The van der Waals surface area contributed by atoms with E-state index < -0.39 is 0 Å². The molecule has 7 nitrogen and oxygen atoms in total. The van der Waals surface area contributed by atoms with Crippen LogP contribution in [0.25, 0.3) is 0 Å². The Hall–Kier alpha value is -2.70. The zero-order valence-electron chi connectivity index (χ0n) is 15.3. The van der Waals surface area contributed by atoms with Gasteiger partial charge in [0, 0.05) is 25.4 Å². The van der Waals surface area contributed by atoms with E-state index in [1.807, 2.05) is 47.7 Å². The summed E-state index contributed by atoms with van der Waals surface area (Å²) in [6, 6.07) is 7.37. The van der Waals surface area contributed by atoms with Crippen LogP contribution in [0.3, 0.4) is 0 Å². The lowest BCUT2D eigenvalue weighted by molar-refractivity contribution is -0.135. The van der Waals surface area contributed by atoms with Gasteiger partial charge in [-0.15, -0.1) is 0 Å². The van der Waals surface area contributed by atoms with Crippen LogP contribution in [-0.4, -0.2) is 38.0 Å². The van der Waals surface area contributed by atoms with Crippen LogP contribution in [0.1, 0.15) is 44.1 Å². The maximum absolute atomic E-state index is 12.5. The zero-order chi connectivity index (χ0) is 18.5. The fraction of sp³-hybridized carbons (Fsp3) is 0.474. The fourth-order valence-electron chi connectivity index (χ4n) is 3.18. The molecule has 2 aromatic heterocycles. The van der Waals surface area contributed by atoms with Gasteiger partial charge in [0.15, 0.2) is 0 Å². The summed E-state index contributed by atoms with van der Waals surface area (Å²) in [6.45, 7) is 5.53. The van der Waals surface area contributed by atoms with Gasteiger partial charge in [0.1, 0.15) is 0 Å². The normalized spacial score (nSPS) is 16.4. The first kappa shape index (κ1) is 18.1. The molecule has 3 rings (SSSR count). The molecule has 0 aromatic carbocycles. The zero-order valence-corrected chi connectivity index (χ0v) is 15.3. The maximum atomic E-state index is 12.5. The third-order valence-electron chi connectivity index (χ3n) is 4.43. The topological polar surface area (TPSA) is 80.1 Å². The summed E-state index contributed by atoms with van der Waals surface area (Å²) >= 11 is 0. The third-order valence-corrected chi connectivity index (χ3v) is 4.43. The van der Waals surface area contributed by atoms with Crippen molar-refractivity contribution in [2.45, 2.75) is 45.8 Å². The van der Waals surface area contributed by atoms with Gasteiger partial charge in [-0.1, -0.05) is 19.9 Å². The van der Waals surface area contributed by atoms with E-state index >= 15 is 0 Å². The minimum absolute atomic E-state index is 0.0692. The Kier molecular flexibility index (Phi) is 5.65. The first-order valence-corrected chi connectivity index (χ1v) is 8.99. The molecule has 1 aliphatic heterocycles. The van der Waals surface area contributed by atoms with Gasteiger partial charge in [-0.3, -0.25) is 19.3 Å². The second-order valence-corrected chi connectivity index (χ2v) is 7.10. The third kappa shape index (κ3) is 4.47. The molecule has 7 heteroatoms. The van der Waals surface area contributed by atoms with Gasteiger partial charge in [-0.05, 0) is 24.1 Å². The predicted molar refractivity (Wildman–Crippen MR) is 96.8 cm³/mol. The molecule has 0 unspecified atom stereocenters. The van der Waals surface area contributed by atoms with Crippen molar-refractivity contribution in [2.75, 3.05) is 6.54 Å². The minimum Gasteiger partial charge on any atom is -0.350 e. The van der Waals surface area contributed by atoms with Gasteiger partial charge in [0.05, 0.1) is 36.9 Å². The van der Waals surface area contributed by atoms with E-state index in [1.54, 1.807) is 12.4 Å². The number of carbonyl (C=O) groups is 2. The Morgan fingerprint density at radius 2 is 2.12 bits per heavy atom. The van der Waals surface area contributed by atoms with Crippen molar-refractivity contribution in [2.24, 2.45) is 5.92 Å². The average Bonchev–Trinajstić information content (AvgIpc) is 3.09. The molecule has 0 fully saturated rings. The number of pyridine rings is 1. The van der Waals surface area contributed by atoms with Crippen molar-refractivity contribution >= 4 is 11.8 Å². The molecule has 0 bridgehead atoms. The standard InChI is InChI=1S/C19H25N5O2/c1-14(2)9-19(26)23-12-16-6-8-22-24(16)17(13-23)10-18(25)21-11-15-5-3-4-7-20-15/h3-8,14,17H,9-13H2,1-2H3,(H,21,25)/t17-/m0/s1. The Bertz CT molecular complexity index is 756. The molecule has 2 aromatic rings. The largest absolute Gasteiger partial charge is 0.350 e. The summed E-state index contributed by atoms with van der Waals surface area (Å²) in [5.41, 5.74) is 1.79. The van der Waals surface area contributed by atoms with Crippen molar-refractivity contribution in [3.05, 3.63) is 48.0 Å². The molecule has 0 radical (unpaired) electrons. The maximum Gasteiger partial charge on any atom is 0.223 e. The summed E-state index contributed by atoms with van der Waals surface area (Å²) in [5.74, 6) is 0.376. The highest BCUT2D eigenvalue weighted by Gasteiger charge is 2.30. The molecule has 1 N–H and O–H groups in total. The fourth-order valence-corrected chi connectivity index (χ4v) is 3.18. The van der Waals surface area contributed by atoms with E-state index in [1.165, 1.54) is 0 Å². The SMILES string of the molecule is CC(C)CC(=O)N1Cc2ccnn2[C@@H](CC(=O)NCc2ccccn2)C1. The molecule has 0 spiro atoms. The number of rotatable bonds is 6. The van der Waals surface area contributed by atoms with Crippen LogP contribution in [0.15, 0.2) is 36.7 Å². The molecule has 0 aliphatic carbocycles. The smallest absolute Gasteiger partial charge is 0.223 e. The van der Waals surface area contributed by atoms with Crippen LogP contribution in [0.4, 0.5) is 0 Å². The van der Waals surface area contributed by atoms with E-state index in [4.69, 9.17) is 0 Å². The molecule has 1 aliphatic rings. The van der Waals surface area contributed by atoms with Crippen LogP contribution in [0, 0.1) is 5.92 Å². The second kappa shape index (κ2) is 8.12. The van der Waals surface area contributed by atoms with Gasteiger partial charge < -0.3 is 10.2 Å². The highest BCUT2D eigenvalue weighted by molar-refractivity contribution is 5.78. The number of amides is 2. The molecule has 26 heavy (non-hydrogen) atoms. The number of hydrogen-bond acceptors (Lipinski definition) is 4. The van der Waals surface area contributed by atoms with Gasteiger partial charge in [0.2, 0.25) is 11.8 Å². The van der Waals surface area contributed by atoms with Crippen molar-refractivity contribution in [1.82, 2.24) is 25.0 Å². The van der Waals surface area contributed by atoms with Gasteiger partial charge >= 0.3 is 0 Å². The number of nitrogens with one attached hydrogen (secondary N) is 1. The predicted octanol–water partition coefficient (Wildman–Crippen LogP) is 1.91. The van der Waals surface area contributed by atoms with Crippen molar-refractivity contribution in [1.29, 1.82) is 0 Å². The quantitative estimate of drug-likeness (QED) is 0.858. The van der Waals surface area contributed by atoms with Gasteiger partial charge in [-0.25, -0.2) is 0 Å². The van der Waals surface area contributed by atoms with E-state index in [-0.39, 0.29) is 24.3 Å². The molecular formula is C19H25N5O2. The molecule has 1 atom stereocenters. The molecule has 138 valence electrons. The lowest BCUT2D eigenvalue weighted by Gasteiger charge is -2.34.